The van der Waals surface area contributed by atoms with Gasteiger partial charge in [-0.2, -0.15) is 0 Å². The predicted octanol–water partition coefficient (Wildman–Crippen LogP) is 2.46. The second kappa shape index (κ2) is 6.55. The smallest absolute Gasteiger partial charge is 0.227 e. The van der Waals surface area contributed by atoms with Gasteiger partial charge >= 0.3 is 0 Å². The molecular formula is C15H28N2O. The number of hydrogen-bond acceptors (Lipinski definition) is 2. The van der Waals surface area contributed by atoms with Crippen molar-refractivity contribution in [1.29, 1.82) is 0 Å². The number of nitrogens with one attached hydrogen (secondary N) is 2. The van der Waals surface area contributed by atoms with E-state index < -0.39 is 0 Å². The summed E-state index contributed by atoms with van der Waals surface area (Å²) in [5, 5.41) is 6.50. The number of piperidine rings is 1. The molecule has 3 heteroatoms. The van der Waals surface area contributed by atoms with Crippen molar-refractivity contribution in [3.05, 3.63) is 0 Å². The van der Waals surface area contributed by atoms with Crippen molar-refractivity contribution < 1.29 is 4.79 Å². The van der Waals surface area contributed by atoms with E-state index in [1.165, 1.54) is 38.5 Å². The van der Waals surface area contributed by atoms with Gasteiger partial charge in [0, 0.05) is 13.1 Å². The Kier molecular flexibility index (Phi) is 5.04. The number of amides is 1. The Morgan fingerprint density at radius 3 is 2.72 bits per heavy atom. The van der Waals surface area contributed by atoms with Gasteiger partial charge in [0.05, 0.1) is 5.41 Å². The number of carbonyl (C=O) groups is 1. The normalized spacial score (nSPS) is 30.1. The topological polar surface area (TPSA) is 41.1 Å². The van der Waals surface area contributed by atoms with Crippen molar-refractivity contribution >= 4 is 5.91 Å². The van der Waals surface area contributed by atoms with Crippen LogP contribution in [0.1, 0.15) is 58.3 Å². The second-order valence-corrected chi connectivity index (χ2v) is 6.39. The highest BCUT2D eigenvalue weighted by atomic mass is 16.2. The Bertz CT molecular complexity index is 266. The van der Waals surface area contributed by atoms with Crippen LogP contribution in [-0.2, 0) is 4.79 Å². The molecule has 0 aromatic carbocycles. The van der Waals surface area contributed by atoms with Crippen LogP contribution in [0, 0.1) is 11.3 Å². The van der Waals surface area contributed by atoms with E-state index in [1.807, 2.05) is 0 Å². The summed E-state index contributed by atoms with van der Waals surface area (Å²) >= 11 is 0. The van der Waals surface area contributed by atoms with E-state index in [1.54, 1.807) is 0 Å². The molecule has 0 aromatic heterocycles. The lowest BCUT2D eigenvalue weighted by molar-refractivity contribution is -0.131. The summed E-state index contributed by atoms with van der Waals surface area (Å²) in [5.74, 6) is 1.11. The van der Waals surface area contributed by atoms with E-state index in [0.717, 1.165) is 38.4 Å². The number of hydrogen-bond donors (Lipinski definition) is 2. The van der Waals surface area contributed by atoms with Gasteiger partial charge in [-0.05, 0) is 38.6 Å². The molecule has 0 spiro atoms. The van der Waals surface area contributed by atoms with E-state index in [0.29, 0.717) is 0 Å². The largest absolute Gasteiger partial charge is 0.356 e. The first-order chi connectivity index (χ1) is 8.71. The van der Waals surface area contributed by atoms with Crippen LogP contribution in [0.25, 0.3) is 0 Å². The average molecular weight is 252 g/mol. The van der Waals surface area contributed by atoms with Gasteiger partial charge in [0.2, 0.25) is 5.91 Å². The molecule has 2 N–H and O–H groups in total. The monoisotopic (exact) mass is 252 g/mol. The minimum atomic E-state index is -0.176. The first kappa shape index (κ1) is 13.9. The van der Waals surface area contributed by atoms with E-state index in [-0.39, 0.29) is 11.3 Å². The van der Waals surface area contributed by atoms with Gasteiger partial charge in [0.15, 0.2) is 0 Å². The molecule has 18 heavy (non-hydrogen) atoms. The van der Waals surface area contributed by atoms with Gasteiger partial charge < -0.3 is 10.6 Å². The molecule has 1 saturated carbocycles. The van der Waals surface area contributed by atoms with Crippen LogP contribution in [0.3, 0.4) is 0 Å². The van der Waals surface area contributed by atoms with Crippen molar-refractivity contribution in [3.8, 4) is 0 Å². The van der Waals surface area contributed by atoms with Crippen LogP contribution < -0.4 is 10.6 Å². The Hall–Kier alpha value is -0.570. The molecule has 1 amide bonds. The van der Waals surface area contributed by atoms with Crippen molar-refractivity contribution in [2.24, 2.45) is 11.3 Å². The average Bonchev–Trinajstić information content (AvgIpc) is 2.41. The molecule has 1 saturated heterocycles. The molecule has 1 unspecified atom stereocenters. The Morgan fingerprint density at radius 1 is 1.28 bits per heavy atom. The fourth-order valence-corrected chi connectivity index (χ4v) is 3.33. The van der Waals surface area contributed by atoms with Crippen molar-refractivity contribution in [2.75, 3.05) is 19.6 Å². The minimum Gasteiger partial charge on any atom is -0.356 e. The van der Waals surface area contributed by atoms with Crippen molar-refractivity contribution in [3.63, 3.8) is 0 Å². The highest BCUT2D eigenvalue weighted by Crippen LogP contribution is 2.27. The lowest BCUT2D eigenvalue weighted by Crippen LogP contribution is -2.48. The van der Waals surface area contributed by atoms with Crippen LogP contribution in [0.5, 0.6) is 0 Å². The molecule has 3 nitrogen and oxygen atoms in total. The third kappa shape index (κ3) is 3.71. The van der Waals surface area contributed by atoms with Gasteiger partial charge in [-0.1, -0.05) is 32.1 Å². The van der Waals surface area contributed by atoms with E-state index in [9.17, 15) is 4.79 Å². The second-order valence-electron chi connectivity index (χ2n) is 6.39. The van der Waals surface area contributed by atoms with Crippen LogP contribution in [-0.4, -0.2) is 25.5 Å². The molecule has 1 atom stereocenters. The number of carbonyl (C=O) groups excluding carboxylic acids is 1. The molecule has 0 bridgehead atoms. The van der Waals surface area contributed by atoms with Crippen molar-refractivity contribution in [2.45, 2.75) is 58.3 Å². The van der Waals surface area contributed by atoms with Gasteiger partial charge in [0.25, 0.3) is 0 Å². The minimum absolute atomic E-state index is 0.176. The zero-order chi connectivity index (χ0) is 12.8. The molecule has 1 heterocycles. The van der Waals surface area contributed by atoms with E-state index >= 15 is 0 Å². The fraction of sp³-hybridized carbons (Fsp3) is 0.933. The van der Waals surface area contributed by atoms with Crippen LogP contribution >= 0.6 is 0 Å². The molecule has 2 aliphatic rings. The SMILES string of the molecule is CC1(C(=O)NCCC2CCCCC2)CCCNC1. The summed E-state index contributed by atoms with van der Waals surface area (Å²) in [7, 11) is 0. The molecule has 104 valence electrons. The fourth-order valence-electron chi connectivity index (χ4n) is 3.33. The molecule has 1 aliphatic carbocycles. The predicted molar refractivity (Wildman–Crippen MR) is 74.4 cm³/mol. The Labute approximate surface area is 111 Å². The van der Waals surface area contributed by atoms with Crippen LogP contribution in [0.4, 0.5) is 0 Å². The summed E-state index contributed by atoms with van der Waals surface area (Å²) < 4.78 is 0. The molecule has 2 rings (SSSR count). The first-order valence-corrected chi connectivity index (χ1v) is 7.70. The quantitative estimate of drug-likeness (QED) is 0.807. The van der Waals surface area contributed by atoms with E-state index in [2.05, 4.69) is 17.6 Å². The Balaban J connectivity index is 1.67. The molecule has 2 fully saturated rings. The zero-order valence-electron chi connectivity index (χ0n) is 11.8. The van der Waals surface area contributed by atoms with Gasteiger partial charge in [-0.15, -0.1) is 0 Å². The summed E-state index contributed by atoms with van der Waals surface area (Å²) in [6.07, 6.45) is 10.2. The zero-order valence-corrected chi connectivity index (χ0v) is 11.8. The highest BCUT2D eigenvalue weighted by Gasteiger charge is 2.34. The standard InChI is InChI=1S/C15H28N2O/c1-15(9-5-10-16-12-15)14(18)17-11-8-13-6-3-2-4-7-13/h13,16H,2-12H2,1H3,(H,17,18). The summed E-state index contributed by atoms with van der Waals surface area (Å²) in [6.45, 7) is 4.86. The summed E-state index contributed by atoms with van der Waals surface area (Å²) in [5.41, 5.74) is -0.176. The Morgan fingerprint density at radius 2 is 2.06 bits per heavy atom. The maximum Gasteiger partial charge on any atom is 0.227 e. The summed E-state index contributed by atoms with van der Waals surface area (Å²) in [6, 6.07) is 0. The van der Waals surface area contributed by atoms with Crippen LogP contribution in [0.15, 0.2) is 0 Å². The van der Waals surface area contributed by atoms with Gasteiger partial charge in [-0.3, -0.25) is 4.79 Å². The third-order valence-electron chi connectivity index (χ3n) is 4.71. The van der Waals surface area contributed by atoms with Gasteiger partial charge in [0.1, 0.15) is 0 Å². The first-order valence-electron chi connectivity index (χ1n) is 7.70. The highest BCUT2D eigenvalue weighted by molar-refractivity contribution is 5.82. The third-order valence-corrected chi connectivity index (χ3v) is 4.71. The van der Waals surface area contributed by atoms with Gasteiger partial charge in [-0.25, -0.2) is 0 Å². The lowest BCUT2D eigenvalue weighted by atomic mass is 9.81. The van der Waals surface area contributed by atoms with Crippen molar-refractivity contribution in [1.82, 2.24) is 10.6 Å². The molecular weight excluding hydrogens is 224 g/mol. The molecule has 0 aromatic rings. The maximum absolute atomic E-state index is 12.2. The molecule has 0 radical (unpaired) electrons. The lowest BCUT2D eigenvalue weighted by Gasteiger charge is -2.33. The maximum atomic E-state index is 12.2. The number of rotatable bonds is 4. The summed E-state index contributed by atoms with van der Waals surface area (Å²) in [4.78, 5) is 12.2. The molecule has 1 aliphatic heterocycles. The van der Waals surface area contributed by atoms with Crippen LogP contribution in [0.2, 0.25) is 0 Å². The van der Waals surface area contributed by atoms with E-state index in [4.69, 9.17) is 0 Å².